The molecule has 1 aromatic carbocycles. The molecular formula is C15H11F3N4O2. The molecule has 0 bridgehead atoms. The first-order chi connectivity index (χ1) is 11.2. The van der Waals surface area contributed by atoms with Crippen molar-refractivity contribution in [1.82, 2.24) is 15.0 Å². The number of hydrogen-bond donors (Lipinski definition) is 3. The van der Waals surface area contributed by atoms with Crippen LogP contribution in [0.25, 0.3) is 11.0 Å². The summed E-state index contributed by atoms with van der Waals surface area (Å²) in [6.45, 7) is 1.68. The van der Waals surface area contributed by atoms with Crippen molar-refractivity contribution in [3.63, 3.8) is 0 Å². The Labute approximate surface area is 133 Å². The molecule has 3 aromatic rings. The number of benzene rings is 1. The molecule has 3 rings (SSSR count). The van der Waals surface area contributed by atoms with Gasteiger partial charge in [0.1, 0.15) is 11.5 Å². The third-order valence-corrected chi connectivity index (χ3v) is 3.25. The number of aromatic carboxylic acids is 1. The second-order valence-corrected chi connectivity index (χ2v) is 5.12. The topological polar surface area (TPSA) is 90.9 Å². The Morgan fingerprint density at radius 1 is 1.25 bits per heavy atom. The van der Waals surface area contributed by atoms with Crippen molar-refractivity contribution in [1.29, 1.82) is 0 Å². The van der Waals surface area contributed by atoms with E-state index in [0.717, 1.165) is 0 Å². The van der Waals surface area contributed by atoms with Crippen LogP contribution in [0.5, 0.6) is 0 Å². The number of aromatic nitrogens is 3. The largest absolute Gasteiger partial charge is 0.478 e. The molecule has 0 saturated heterocycles. The third kappa shape index (κ3) is 3.00. The fourth-order valence-electron chi connectivity index (χ4n) is 2.23. The number of anilines is 2. The number of alkyl halides is 3. The van der Waals surface area contributed by atoms with Crippen LogP contribution in [0.3, 0.4) is 0 Å². The minimum atomic E-state index is -4.70. The average molecular weight is 336 g/mol. The van der Waals surface area contributed by atoms with Gasteiger partial charge in [-0.1, -0.05) is 6.07 Å². The number of carboxylic acids is 1. The van der Waals surface area contributed by atoms with Gasteiger partial charge in [-0.3, -0.25) is 0 Å². The average Bonchev–Trinajstić information content (AvgIpc) is 2.87. The Morgan fingerprint density at radius 2 is 2.00 bits per heavy atom. The highest BCUT2D eigenvalue weighted by Crippen LogP contribution is 2.31. The van der Waals surface area contributed by atoms with Gasteiger partial charge in [-0.25, -0.2) is 14.8 Å². The highest BCUT2D eigenvalue weighted by molar-refractivity contribution is 5.92. The standard InChI is InChI=1S/C15H11F3N4O2/c1-7-5-10-11(19-7)21-14(15(16,17)18)22-12(10)20-9-4-2-3-8(6-9)13(23)24/h2-6H,1H3,(H,23,24)(H2,19,20,21,22). The normalized spacial score (nSPS) is 11.7. The summed E-state index contributed by atoms with van der Waals surface area (Å²) in [5, 5.41) is 12.1. The van der Waals surface area contributed by atoms with Crippen LogP contribution in [0, 0.1) is 6.92 Å². The lowest BCUT2D eigenvalue weighted by Crippen LogP contribution is -2.12. The summed E-state index contributed by atoms with van der Waals surface area (Å²) in [6, 6.07) is 7.32. The Balaban J connectivity index is 2.11. The molecule has 2 aromatic heterocycles. The molecule has 0 unspecified atom stereocenters. The van der Waals surface area contributed by atoms with Gasteiger partial charge in [-0.2, -0.15) is 13.2 Å². The van der Waals surface area contributed by atoms with Crippen molar-refractivity contribution in [2.24, 2.45) is 0 Å². The van der Waals surface area contributed by atoms with E-state index < -0.39 is 18.0 Å². The quantitative estimate of drug-likeness (QED) is 0.678. The number of aromatic amines is 1. The molecule has 0 fully saturated rings. The molecule has 0 radical (unpaired) electrons. The Hall–Kier alpha value is -3.10. The summed E-state index contributed by atoms with van der Waals surface area (Å²) in [6.07, 6.45) is -4.70. The van der Waals surface area contributed by atoms with Gasteiger partial charge in [-0.15, -0.1) is 0 Å². The summed E-state index contributed by atoms with van der Waals surface area (Å²) in [5.74, 6) is -2.48. The van der Waals surface area contributed by atoms with Crippen LogP contribution in [-0.4, -0.2) is 26.0 Å². The molecular weight excluding hydrogens is 325 g/mol. The summed E-state index contributed by atoms with van der Waals surface area (Å²) >= 11 is 0. The highest BCUT2D eigenvalue weighted by atomic mass is 19.4. The summed E-state index contributed by atoms with van der Waals surface area (Å²) in [7, 11) is 0. The summed E-state index contributed by atoms with van der Waals surface area (Å²) in [4.78, 5) is 20.8. The number of carboxylic acid groups (broad SMARTS) is 1. The maximum atomic E-state index is 13.0. The number of nitrogens with zero attached hydrogens (tertiary/aromatic N) is 2. The van der Waals surface area contributed by atoms with Crippen molar-refractivity contribution in [2.45, 2.75) is 13.1 Å². The van der Waals surface area contributed by atoms with Crippen molar-refractivity contribution in [3.8, 4) is 0 Å². The van der Waals surface area contributed by atoms with E-state index in [9.17, 15) is 18.0 Å². The van der Waals surface area contributed by atoms with Crippen LogP contribution in [0.1, 0.15) is 21.9 Å². The number of carbonyl (C=O) groups is 1. The predicted molar refractivity (Wildman–Crippen MR) is 80.3 cm³/mol. The summed E-state index contributed by atoms with van der Waals surface area (Å²) < 4.78 is 38.9. The van der Waals surface area contributed by atoms with E-state index in [0.29, 0.717) is 16.8 Å². The molecule has 2 heterocycles. The maximum Gasteiger partial charge on any atom is 0.451 e. The van der Waals surface area contributed by atoms with Crippen molar-refractivity contribution >= 4 is 28.5 Å². The second-order valence-electron chi connectivity index (χ2n) is 5.12. The van der Waals surface area contributed by atoms with E-state index in [2.05, 4.69) is 20.3 Å². The van der Waals surface area contributed by atoms with Crippen LogP contribution in [0.15, 0.2) is 30.3 Å². The minimum absolute atomic E-state index is 0.00611. The second kappa shape index (κ2) is 5.52. The van der Waals surface area contributed by atoms with Crippen molar-refractivity contribution in [3.05, 3.63) is 47.4 Å². The lowest BCUT2D eigenvalue weighted by Gasteiger charge is -2.11. The maximum absolute atomic E-state index is 13.0. The van der Waals surface area contributed by atoms with Gasteiger partial charge in [0.2, 0.25) is 5.82 Å². The zero-order chi connectivity index (χ0) is 17.5. The number of hydrogen-bond acceptors (Lipinski definition) is 4. The highest BCUT2D eigenvalue weighted by Gasteiger charge is 2.36. The fraction of sp³-hybridized carbons (Fsp3) is 0.133. The molecule has 9 heteroatoms. The zero-order valence-corrected chi connectivity index (χ0v) is 12.3. The van der Waals surface area contributed by atoms with E-state index in [1.54, 1.807) is 13.0 Å². The molecule has 6 nitrogen and oxygen atoms in total. The van der Waals surface area contributed by atoms with Crippen LogP contribution in [0.4, 0.5) is 24.7 Å². The number of nitrogens with one attached hydrogen (secondary N) is 2. The van der Waals surface area contributed by atoms with Gasteiger partial charge in [0, 0.05) is 11.4 Å². The van der Waals surface area contributed by atoms with Gasteiger partial charge in [0.25, 0.3) is 0 Å². The Bertz CT molecular complexity index is 934. The van der Waals surface area contributed by atoms with Crippen LogP contribution >= 0.6 is 0 Å². The predicted octanol–water partition coefficient (Wildman–Crippen LogP) is 3.73. The lowest BCUT2D eigenvalue weighted by atomic mass is 10.2. The third-order valence-electron chi connectivity index (χ3n) is 3.25. The number of halogens is 3. The zero-order valence-electron chi connectivity index (χ0n) is 12.3. The number of fused-ring (bicyclic) bond motifs is 1. The van der Waals surface area contributed by atoms with Crippen LogP contribution in [-0.2, 0) is 6.18 Å². The SMILES string of the molecule is Cc1cc2c(Nc3cccc(C(=O)O)c3)nc(C(F)(F)F)nc2[nH]1. The molecule has 0 spiro atoms. The minimum Gasteiger partial charge on any atom is -0.478 e. The molecule has 0 aliphatic carbocycles. The van der Waals surface area contributed by atoms with Gasteiger partial charge in [-0.05, 0) is 31.2 Å². The molecule has 0 saturated carbocycles. The molecule has 0 amide bonds. The van der Waals surface area contributed by atoms with Crippen LogP contribution in [0.2, 0.25) is 0 Å². The first kappa shape index (κ1) is 15.8. The molecule has 24 heavy (non-hydrogen) atoms. The van der Waals surface area contributed by atoms with Gasteiger partial charge < -0.3 is 15.4 Å². The number of H-pyrrole nitrogens is 1. The van der Waals surface area contributed by atoms with E-state index in [1.807, 2.05) is 0 Å². The number of rotatable bonds is 3. The number of aryl methyl sites for hydroxylation is 1. The smallest absolute Gasteiger partial charge is 0.451 e. The van der Waals surface area contributed by atoms with E-state index >= 15 is 0 Å². The van der Waals surface area contributed by atoms with Crippen molar-refractivity contribution in [2.75, 3.05) is 5.32 Å². The van der Waals surface area contributed by atoms with Gasteiger partial charge in [0.05, 0.1) is 10.9 Å². The van der Waals surface area contributed by atoms with Gasteiger partial charge in [0.15, 0.2) is 0 Å². The van der Waals surface area contributed by atoms with E-state index in [-0.39, 0.29) is 17.0 Å². The molecule has 0 aliphatic rings. The van der Waals surface area contributed by atoms with Crippen molar-refractivity contribution < 1.29 is 23.1 Å². The first-order valence-corrected chi connectivity index (χ1v) is 6.79. The molecule has 124 valence electrons. The van der Waals surface area contributed by atoms with E-state index in [1.165, 1.54) is 24.3 Å². The van der Waals surface area contributed by atoms with Crippen LogP contribution < -0.4 is 5.32 Å². The fourth-order valence-corrected chi connectivity index (χ4v) is 2.23. The van der Waals surface area contributed by atoms with Gasteiger partial charge >= 0.3 is 12.1 Å². The lowest BCUT2D eigenvalue weighted by molar-refractivity contribution is -0.144. The Morgan fingerprint density at radius 3 is 2.67 bits per heavy atom. The van der Waals surface area contributed by atoms with E-state index in [4.69, 9.17) is 5.11 Å². The molecule has 0 aliphatic heterocycles. The first-order valence-electron chi connectivity index (χ1n) is 6.79. The Kier molecular flexibility index (Phi) is 3.63. The summed E-state index contributed by atoms with van der Waals surface area (Å²) in [5.41, 5.74) is 0.987. The molecule has 0 atom stereocenters. The molecule has 3 N–H and O–H groups in total. The monoisotopic (exact) mass is 336 g/mol.